The molecule has 9 nitrogen and oxygen atoms in total. The number of halogens is 2. The summed E-state index contributed by atoms with van der Waals surface area (Å²) in [6.45, 7) is -1.32. The van der Waals surface area contributed by atoms with Gasteiger partial charge in [-0.15, -0.1) is 5.10 Å². The highest BCUT2D eigenvalue weighted by atomic mass is 19.3. The summed E-state index contributed by atoms with van der Waals surface area (Å²) < 4.78 is 36.3. The number of carbonyl (C=O) groups excluding carboxylic acids is 1. The van der Waals surface area contributed by atoms with E-state index in [9.17, 15) is 13.6 Å². The quantitative estimate of drug-likeness (QED) is 0.516. The number of pyridine rings is 2. The van der Waals surface area contributed by atoms with Crippen molar-refractivity contribution in [2.45, 2.75) is 26.0 Å². The Morgan fingerprint density at radius 1 is 1.30 bits per heavy atom. The third-order valence-corrected chi connectivity index (χ3v) is 4.31. The summed E-state index contributed by atoms with van der Waals surface area (Å²) in [5.41, 5.74) is 1.87. The molecule has 0 unspecified atom stereocenters. The van der Waals surface area contributed by atoms with E-state index in [-0.39, 0.29) is 24.3 Å². The average molecular weight is 421 g/mol. The molecule has 3 N–H and O–H groups in total. The molecular formula is C19H21F2N5O4. The molecule has 0 bridgehead atoms. The van der Waals surface area contributed by atoms with Crippen LogP contribution in [0.1, 0.15) is 13.3 Å². The summed E-state index contributed by atoms with van der Waals surface area (Å²) in [4.78, 5) is 16.0. The molecule has 1 atom stereocenters. The number of amides is 2. The van der Waals surface area contributed by atoms with Gasteiger partial charge < -0.3 is 19.9 Å². The normalized spacial score (nSPS) is 12.1. The van der Waals surface area contributed by atoms with Crippen molar-refractivity contribution in [3.63, 3.8) is 0 Å². The van der Waals surface area contributed by atoms with Crippen molar-refractivity contribution in [2.75, 3.05) is 19.0 Å². The van der Waals surface area contributed by atoms with Crippen molar-refractivity contribution in [1.82, 2.24) is 19.9 Å². The van der Waals surface area contributed by atoms with Crippen LogP contribution in [-0.4, -0.2) is 52.1 Å². The van der Waals surface area contributed by atoms with Crippen molar-refractivity contribution in [3.05, 3.63) is 36.7 Å². The van der Waals surface area contributed by atoms with E-state index in [2.05, 4.69) is 25.5 Å². The number of urea groups is 1. The van der Waals surface area contributed by atoms with E-state index in [1.807, 2.05) is 6.92 Å². The van der Waals surface area contributed by atoms with E-state index < -0.39 is 12.6 Å². The highest BCUT2D eigenvalue weighted by molar-refractivity contribution is 5.89. The average Bonchev–Trinajstić information content (AvgIpc) is 3.12. The fraction of sp³-hybridized carbons (Fsp3) is 0.316. The number of rotatable bonds is 8. The molecular weight excluding hydrogens is 400 g/mol. The molecule has 160 valence electrons. The second kappa shape index (κ2) is 9.35. The third kappa shape index (κ3) is 4.92. The number of hydrogen-bond donors (Lipinski definition) is 3. The van der Waals surface area contributed by atoms with Gasteiger partial charge in [-0.1, -0.05) is 6.92 Å². The maximum absolute atomic E-state index is 12.6. The fourth-order valence-corrected chi connectivity index (χ4v) is 2.77. The molecule has 0 saturated carbocycles. The van der Waals surface area contributed by atoms with Crippen LogP contribution in [0.4, 0.5) is 19.4 Å². The van der Waals surface area contributed by atoms with E-state index >= 15 is 0 Å². The Labute approximate surface area is 170 Å². The number of nitrogens with zero attached hydrogens (tertiary/aromatic N) is 3. The molecule has 2 amide bonds. The summed E-state index contributed by atoms with van der Waals surface area (Å²) in [6, 6.07) is 5.71. The minimum absolute atomic E-state index is 0.0461. The molecule has 3 aromatic rings. The monoisotopic (exact) mass is 421 g/mol. The number of aliphatic hydroxyl groups is 1. The lowest BCUT2D eigenvalue weighted by Gasteiger charge is -2.13. The molecule has 0 fully saturated rings. The Balaban J connectivity index is 1.83. The molecule has 3 rings (SSSR count). The molecule has 3 heterocycles. The number of hydrogen-bond acceptors (Lipinski definition) is 6. The predicted molar refractivity (Wildman–Crippen MR) is 105 cm³/mol. The van der Waals surface area contributed by atoms with Gasteiger partial charge in [0.1, 0.15) is 0 Å². The van der Waals surface area contributed by atoms with Crippen LogP contribution < -0.4 is 20.1 Å². The fourth-order valence-electron chi connectivity index (χ4n) is 2.77. The number of methoxy groups -OCH3 is 1. The molecule has 0 radical (unpaired) electrons. The summed E-state index contributed by atoms with van der Waals surface area (Å²) in [5, 5.41) is 18.7. The first-order valence-corrected chi connectivity index (χ1v) is 9.10. The van der Waals surface area contributed by atoms with Gasteiger partial charge in [-0.3, -0.25) is 5.32 Å². The lowest BCUT2D eigenvalue weighted by molar-refractivity contribution is -0.0515. The summed E-state index contributed by atoms with van der Waals surface area (Å²) in [5.74, 6) is 0.0917. The molecule has 0 saturated heterocycles. The Hall–Kier alpha value is -3.47. The summed E-state index contributed by atoms with van der Waals surface area (Å²) in [6.07, 6.45) is 3.73. The zero-order valence-electron chi connectivity index (χ0n) is 16.3. The summed E-state index contributed by atoms with van der Waals surface area (Å²) in [7, 11) is 1.31. The summed E-state index contributed by atoms with van der Waals surface area (Å²) >= 11 is 0. The second-order valence-electron chi connectivity index (χ2n) is 6.31. The van der Waals surface area contributed by atoms with Crippen LogP contribution in [0, 0.1) is 0 Å². The van der Waals surface area contributed by atoms with Gasteiger partial charge in [0.25, 0.3) is 5.88 Å². The number of fused-ring (bicyclic) bond motifs is 1. The lowest BCUT2D eigenvalue weighted by atomic mass is 10.1. The van der Waals surface area contributed by atoms with Crippen LogP contribution in [0.2, 0.25) is 0 Å². The number of alkyl halides is 2. The van der Waals surface area contributed by atoms with Gasteiger partial charge in [0.15, 0.2) is 11.6 Å². The molecule has 0 spiro atoms. The van der Waals surface area contributed by atoms with Gasteiger partial charge in [-0.05, 0) is 30.2 Å². The third-order valence-electron chi connectivity index (χ3n) is 4.31. The Kier molecular flexibility index (Phi) is 6.62. The standard InChI is InChI=1S/C19H21F2N5O4/c1-3-13(10-27)23-19(28)24-16-8-14-6-11(4-5-26(14)25-16)12-7-15(30-18(20)21)17(29-2)22-9-12/h4-9,13,18,27H,3,10H2,1-2H3,(H2,23,24,25,28)/t13-/m1/s1. The Morgan fingerprint density at radius 3 is 2.77 bits per heavy atom. The molecule has 0 aliphatic heterocycles. The van der Waals surface area contributed by atoms with Gasteiger partial charge in [0, 0.05) is 24.0 Å². The molecule has 3 aromatic heterocycles. The minimum Gasteiger partial charge on any atom is -0.478 e. The van der Waals surface area contributed by atoms with Crippen LogP contribution in [0.3, 0.4) is 0 Å². The predicted octanol–water partition coefficient (Wildman–Crippen LogP) is 2.90. The maximum Gasteiger partial charge on any atom is 0.387 e. The Morgan fingerprint density at radius 2 is 2.10 bits per heavy atom. The van der Waals surface area contributed by atoms with E-state index in [4.69, 9.17) is 9.84 Å². The van der Waals surface area contributed by atoms with E-state index in [1.54, 1.807) is 28.9 Å². The smallest absolute Gasteiger partial charge is 0.387 e. The van der Waals surface area contributed by atoms with E-state index in [0.29, 0.717) is 28.9 Å². The van der Waals surface area contributed by atoms with Crippen LogP contribution in [-0.2, 0) is 0 Å². The van der Waals surface area contributed by atoms with E-state index in [1.165, 1.54) is 19.4 Å². The van der Waals surface area contributed by atoms with Crippen LogP contribution in [0.15, 0.2) is 36.7 Å². The van der Waals surface area contributed by atoms with Crippen molar-refractivity contribution >= 4 is 17.4 Å². The Bertz CT molecular complexity index is 1020. The first kappa shape index (κ1) is 21.2. The zero-order valence-corrected chi connectivity index (χ0v) is 16.3. The van der Waals surface area contributed by atoms with Crippen molar-refractivity contribution < 1.29 is 28.2 Å². The SMILES string of the molecule is CC[C@H](CO)NC(=O)Nc1cc2cc(-c3cnc(OC)c(OC(F)F)c3)ccn2n1. The van der Waals surface area contributed by atoms with Crippen molar-refractivity contribution in [3.8, 4) is 22.8 Å². The molecule has 0 aliphatic carbocycles. The topological polar surface area (TPSA) is 110 Å². The highest BCUT2D eigenvalue weighted by Gasteiger charge is 2.15. The van der Waals surface area contributed by atoms with Crippen LogP contribution in [0.5, 0.6) is 11.6 Å². The zero-order chi connectivity index (χ0) is 21.7. The highest BCUT2D eigenvalue weighted by Crippen LogP contribution is 2.31. The van der Waals surface area contributed by atoms with E-state index in [0.717, 1.165) is 0 Å². The number of carbonyl (C=O) groups is 1. The molecule has 0 aliphatic rings. The number of aromatic nitrogens is 3. The first-order valence-electron chi connectivity index (χ1n) is 9.10. The lowest BCUT2D eigenvalue weighted by Crippen LogP contribution is -2.39. The van der Waals surface area contributed by atoms with Gasteiger partial charge in [-0.25, -0.2) is 14.3 Å². The second-order valence-corrected chi connectivity index (χ2v) is 6.31. The maximum atomic E-state index is 12.6. The van der Waals surface area contributed by atoms with Gasteiger partial charge in [0.05, 0.1) is 25.3 Å². The van der Waals surface area contributed by atoms with Crippen molar-refractivity contribution in [1.29, 1.82) is 0 Å². The molecule has 0 aromatic carbocycles. The van der Waals surface area contributed by atoms with Crippen LogP contribution in [0.25, 0.3) is 16.6 Å². The van der Waals surface area contributed by atoms with Gasteiger partial charge in [-0.2, -0.15) is 8.78 Å². The van der Waals surface area contributed by atoms with Gasteiger partial charge in [0.2, 0.25) is 0 Å². The number of ether oxygens (including phenoxy) is 2. The first-order chi connectivity index (χ1) is 14.4. The number of aliphatic hydroxyl groups excluding tert-OH is 1. The number of nitrogens with one attached hydrogen (secondary N) is 2. The number of anilines is 1. The molecule has 30 heavy (non-hydrogen) atoms. The van der Waals surface area contributed by atoms with Crippen molar-refractivity contribution in [2.24, 2.45) is 0 Å². The van der Waals surface area contributed by atoms with Crippen LogP contribution >= 0.6 is 0 Å². The molecule has 11 heteroatoms. The minimum atomic E-state index is -3.01. The largest absolute Gasteiger partial charge is 0.478 e. The van der Waals surface area contributed by atoms with Gasteiger partial charge >= 0.3 is 12.6 Å².